The van der Waals surface area contributed by atoms with Crippen LogP contribution in [-0.4, -0.2) is 38.3 Å². The average molecular weight is 316 g/mol. The Labute approximate surface area is 133 Å². The Hall–Kier alpha value is -1.84. The van der Waals surface area contributed by atoms with Crippen LogP contribution in [0.3, 0.4) is 0 Å². The van der Waals surface area contributed by atoms with Gasteiger partial charge in [0, 0.05) is 46.6 Å². The van der Waals surface area contributed by atoms with Crippen molar-refractivity contribution in [3.8, 4) is 6.07 Å². The highest BCUT2D eigenvalue weighted by atomic mass is 28.3. The van der Waals surface area contributed by atoms with E-state index in [1.54, 1.807) is 6.20 Å². The van der Waals surface area contributed by atoms with Gasteiger partial charge in [-0.25, -0.2) is 4.98 Å². The van der Waals surface area contributed by atoms with Crippen molar-refractivity contribution in [3.05, 3.63) is 24.0 Å². The highest BCUT2D eigenvalue weighted by molar-refractivity contribution is 6.76. The highest BCUT2D eigenvalue weighted by Gasteiger charge is 2.15. The molecular weight excluding hydrogens is 292 g/mol. The van der Waals surface area contributed by atoms with E-state index in [-0.39, 0.29) is 0 Å². The fourth-order valence-corrected chi connectivity index (χ4v) is 3.09. The van der Waals surface area contributed by atoms with E-state index in [0.717, 1.165) is 29.4 Å². The molecule has 0 aliphatic heterocycles. The predicted octanol–water partition coefficient (Wildman–Crippen LogP) is 3.29. The molecule has 0 saturated heterocycles. The van der Waals surface area contributed by atoms with E-state index in [4.69, 9.17) is 4.74 Å². The van der Waals surface area contributed by atoms with Gasteiger partial charge < -0.3 is 14.2 Å². The van der Waals surface area contributed by atoms with Crippen LogP contribution in [-0.2, 0) is 11.5 Å². The smallest absolute Gasteiger partial charge is 0.143 e. The average Bonchev–Trinajstić information content (AvgIpc) is 2.84. The van der Waals surface area contributed by atoms with E-state index < -0.39 is 8.07 Å². The summed E-state index contributed by atoms with van der Waals surface area (Å²) in [5, 5.41) is 10.2. The number of nitriles is 1. The summed E-state index contributed by atoms with van der Waals surface area (Å²) < 4.78 is 7.79. The second-order valence-corrected chi connectivity index (χ2v) is 12.5. The number of fused-ring (bicyclic) bond motifs is 1. The molecule has 22 heavy (non-hydrogen) atoms. The van der Waals surface area contributed by atoms with E-state index >= 15 is 0 Å². The molecular formula is C16H24N4OSi. The van der Waals surface area contributed by atoms with Crippen LogP contribution in [0, 0.1) is 11.3 Å². The summed E-state index contributed by atoms with van der Waals surface area (Å²) in [6.07, 6.45) is 3.61. The zero-order valence-electron chi connectivity index (χ0n) is 14.1. The minimum Gasteiger partial charge on any atom is -0.376 e. The normalized spacial score (nSPS) is 11.6. The molecule has 0 N–H and O–H groups in total. The van der Waals surface area contributed by atoms with Crippen molar-refractivity contribution in [1.29, 1.82) is 5.26 Å². The van der Waals surface area contributed by atoms with Crippen LogP contribution in [0.15, 0.2) is 18.5 Å². The van der Waals surface area contributed by atoms with Crippen molar-refractivity contribution < 1.29 is 4.74 Å². The zero-order chi connectivity index (χ0) is 16.3. The first-order valence-electron chi connectivity index (χ1n) is 7.46. The van der Waals surface area contributed by atoms with Crippen LogP contribution in [0.25, 0.3) is 11.0 Å². The molecule has 2 aromatic rings. The molecule has 0 fully saturated rings. The Bertz CT molecular complexity index is 694. The first-order chi connectivity index (χ1) is 10.3. The van der Waals surface area contributed by atoms with E-state index in [9.17, 15) is 5.26 Å². The van der Waals surface area contributed by atoms with Crippen LogP contribution in [0.2, 0.25) is 25.7 Å². The number of aromatic nitrogens is 2. The van der Waals surface area contributed by atoms with Crippen molar-refractivity contribution in [2.75, 3.05) is 25.6 Å². The fourth-order valence-electron chi connectivity index (χ4n) is 2.33. The van der Waals surface area contributed by atoms with Crippen LogP contribution < -0.4 is 4.90 Å². The molecule has 118 valence electrons. The van der Waals surface area contributed by atoms with Gasteiger partial charge in [0.1, 0.15) is 18.4 Å². The lowest BCUT2D eigenvalue weighted by Gasteiger charge is -2.17. The third kappa shape index (κ3) is 3.67. The molecule has 5 nitrogen and oxygen atoms in total. The van der Waals surface area contributed by atoms with Crippen molar-refractivity contribution in [3.63, 3.8) is 0 Å². The molecule has 2 heterocycles. The van der Waals surface area contributed by atoms with Gasteiger partial charge >= 0.3 is 0 Å². The maximum absolute atomic E-state index is 9.24. The van der Waals surface area contributed by atoms with E-state index in [2.05, 4.69) is 30.7 Å². The summed E-state index contributed by atoms with van der Waals surface area (Å²) in [7, 11) is 2.82. The highest BCUT2D eigenvalue weighted by Crippen LogP contribution is 2.28. The quantitative estimate of drug-likeness (QED) is 0.606. The maximum atomic E-state index is 9.24. The molecule has 0 aliphatic rings. The molecule has 0 bridgehead atoms. The summed E-state index contributed by atoms with van der Waals surface area (Å²) in [4.78, 5) is 6.38. The minimum atomic E-state index is -1.06. The van der Waals surface area contributed by atoms with Gasteiger partial charge in [-0.15, -0.1) is 0 Å². The van der Waals surface area contributed by atoms with Crippen molar-refractivity contribution in [1.82, 2.24) is 9.55 Å². The summed E-state index contributed by atoms with van der Waals surface area (Å²) in [6, 6.07) is 5.36. The van der Waals surface area contributed by atoms with E-state index in [1.165, 1.54) is 0 Å². The molecule has 6 heteroatoms. The van der Waals surface area contributed by atoms with Crippen molar-refractivity contribution >= 4 is 24.8 Å². The van der Waals surface area contributed by atoms with Gasteiger partial charge in [-0.05, 0) is 12.1 Å². The lowest BCUT2D eigenvalue weighted by molar-refractivity contribution is 0.0899. The Kier molecular flexibility index (Phi) is 4.89. The van der Waals surface area contributed by atoms with Gasteiger partial charge in [-0.1, -0.05) is 19.6 Å². The van der Waals surface area contributed by atoms with E-state index in [0.29, 0.717) is 12.3 Å². The topological polar surface area (TPSA) is 54.1 Å². The molecule has 0 unspecified atom stereocenters. The number of anilines is 1. The Morgan fingerprint density at radius 1 is 1.36 bits per heavy atom. The second kappa shape index (κ2) is 6.51. The van der Waals surface area contributed by atoms with Gasteiger partial charge in [-0.3, -0.25) is 0 Å². The zero-order valence-corrected chi connectivity index (χ0v) is 15.1. The number of hydrogen-bond donors (Lipinski definition) is 0. The van der Waals surface area contributed by atoms with Crippen LogP contribution in [0.5, 0.6) is 0 Å². The molecule has 0 amide bonds. The fraction of sp³-hybridized carbons (Fsp3) is 0.500. The molecule has 0 saturated carbocycles. The molecule has 2 rings (SSSR count). The molecule has 0 radical (unpaired) electrons. The first-order valence-corrected chi connectivity index (χ1v) is 11.2. The van der Waals surface area contributed by atoms with Crippen molar-refractivity contribution in [2.45, 2.75) is 32.4 Å². The van der Waals surface area contributed by atoms with Gasteiger partial charge in [-0.2, -0.15) is 5.26 Å². The number of hydrogen-bond acceptors (Lipinski definition) is 4. The third-order valence-corrected chi connectivity index (χ3v) is 5.26. The standard InChI is InChI=1S/C16H24N4OSi/c1-19(2)15-13(10-17)11-18-16-14(15)6-7-20(16)12-21-8-9-22(3,4)5/h6-7,11H,8-9,12H2,1-5H3. The van der Waals surface area contributed by atoms with Gasteiger partial charge in [0.05, 0.1) is 11.3 Å². The van der Waals surface area contributed by atoms with E-state index in [1.807, 2.05) is 35.8 Å². The Morgan fingerprint density at radius 2 is 2.09 bits per heavy atom. The first kappa shape index (κ1) is 16.5. The maximum Gasteiger partial charge on any atom is 0.143 e. The van der Waals surface area contributed by atoms with Crippen molar-refractivity contribution in [2.24, 2.45) is 0 Å². The lowest BCUT2D eigenvalue weighted by atomic mass is 10.2. The Morgan fingerprint density at radius 3 is 2.68 bits per heavy atom. The largest absolute Gasteiger partial charge is 0.376 e. The summed E-state index contributed by atoms with van der Waals surface area (Å²) in [5.74, 6) is 0. The Balaban J connectivity index is 2.20. The molecule has 0 aromatic carbocycles. The molecule has 0 spiro atoms. The number of ether oxygens (including phenoxy) is 1. The number of nitrogens with zero attached hydrogens (tertiary/aromatic N) is 4. The third-order valence-electron chi connectivity index (χ3n) is 3.55. The number of pyridine rings is 1. The van der Waals surface area contributed by atoms with Gasteiger partial charge in [0.2, 0.25) is 0 Å². The second-order valence-electron chi connectivity index (χ2n) is 6.90. The molecule has 2 aromatic heterocycles. The minimum absolute atomic E-state index is 0.500. The summed E-state index contributed by atoms with van der Waals surface area (Å²) in [5.41, 5.74) is 2.36. The molecule has 0 atom stereocenters. The van der Waals surface area contributed by atoms with Gasteiger partial charge in [0.25, 0.3) is 0 Å². The number of rotatable bonds is 6. The summed E-state index contributed by atoms with van der Waals surface area (Å²) >= 11 is 0. The van der Waals surface area contributed by atoms with Crippen LogP contribution in [0.1, 0.15) is 5.56 Å². The van der Waals surface area contributed by atoms with Crippen LogP contribution >= 0.6 is 0 Å². The SMILES string of the molecule is CN(C)c1c(C#N)cnc2c1ccn2COCC[Si](C)(C)C. The predicted molar refractivity (Wildman–Crippen MR) is 92.9 cm³/mol. The van der Waals surface area contributed by atoms with Crippen LogP contribution in [0.4, 0.5) is 5.69 Å². The van der Waals surface area contributed by atoms with Gasteiger partial charge in [0.15, 0.2) is 0 Å². The lowest BCUT2D eigenvalue weighted by Crippen LogP contribution is -2.22. The summed E-state index contributed by atoms with van der Waals surface area (Å²) in [6.45, 7) is 8.31. The molecule has 0 aliphatic carbocycles. The monoisotopic (exact) mass is 316 g/mol.